The number of aliphatic hydroxyl groups excluding tert-OH is 1. The Morgan fingerprint density at radius 2 is 1.78 bits per heavy atom. The topological polar surface area (TPSA) is 71.5 Å². The molecule has 7 heteroatoms. The fourth-order valence-electron chi connectivity index (χ4n) is 3.72. The van der Waals surface area contributed by atoms with Gasteiger partial charge in [0.05, 0.1) is 13.2 Å². The smallest absolute Gasteiger partial charge is 0.222 e. The van der Waals surface area contributed by atoms with Crippen LogP contribution in [-0.2, 0) is 11.3 Å². The maximum Gasteiger partial charge on any atom is 0.222 e. The molecule has 0 unspecified atom stereocenters. The fourth-order valence-corrected chi connectivity index (χ4v) is 3.72. The molecule has 0 saturated carbocycles. The first kappa shape index (κ1) is 23.9. The Balaban J connectivity index is 1.37. The van der Waals surface area contributed by atoms with Gasteiger partial charge in [0.2, 0.25) is 5.91 Å². The molecule has 3 rings (SSSR count). The third-order valence-corrected chi connectivity index (χ3v) is 5.28. The number of benzene rings is 2. The molecule has 7 nitrogen and oxygen atoms in total. The Morgan fingerprint density at radius 1 is 1.06 bits per heavy atom. The van der Waals surface area contributed by atoms with Gasteiger partial charge in [-0.2, -0.15) is 0 Å². The van der Waals surface area contributed by atoms with Crippen LogP contribution in [0.1, 0.15) is 25.3 Å². The van der Waals surface area contributed by atoms with Crippen LogP contribution in [0.5, 0.6) is 17.2 Å². The van der Waals surface area contributed by atoms with E-state index in [4.69, 9.17) is 14.2 Å². The monoisotopic (exact) mass is 442 g/mol. The highest BCUT2D eigenvalue weighted by Crippen LogP contribution is 2.26. The van der Waals surface area contributed by atoms with Crippen LogP contribution in [0.4, 0.5) is 0 Å². The molecule has 174 valence electrons. The lowest BCUT2D eigenvalue weighted by Gasteiger charge is -2.21. The van der Waals surface area contributed by atoms with Crippen LogP contribution >= 0.6 is 0 Å². The quantitative estimate of drug-likeness (QED) is 0.514. The molecule has 1 atom stereocenters. The van der Waals surface area contributed by atoms with Crippen molar-refractivity contribution >= 4 is 5.91 Å². The van der Waals surface area contributed by atoms with Crippen molar-refractivity contribution in [3.8, 4) is 17.2 Å². The van der Waals surface area contributed by atoms with Gasteiger partial charge in [-0.25, -0.2) is 0 Å². The molecule has 1 aliphatic heterocycles. The zero-order valence-electron chi connectivity index (χ0n) is 19.0. The summed E-state index contributed by atoms with van der Waals surface area (Å²) in [7, 11) is 1.97. The first-order valence-electron chi connectivity index (χ1n) is 11.3. The lowest BCUT2D eigenvalue weighted by molar-refractivity contribution is -0.128. The van der Waals surface area contributed by atoms with E-state index < -0.39 is 6.10 Å². The van der Waals surface area contributed by atoms with Crippen LogP contribution in [0.25, 0.3) is 0 Å². The Bertz CT molecular complexity index is 842. The molecule has 32 heavy (non-hydrogen) atoms. The van der Waals surface area contributed by atoms with Crippen LogP contribution in [0, 0.1) is 0 Å². The number of amides is 1. The van der Waals surface area contributed by atoms with Gasteiger partial charge in [-0.05, 0) is 50.2 Å². The van der Waals surface area contributed by atoms with E-state index in [2.05, 4.69) is 4.90 Å². The maximum absolute atomic E-state index is 11.6. The van der Waals surface area contributed by atoms with E-state index in [0.717, 1.165) is 24.3 Å². The normalized spacial score (nSPS) is 14.6. The molecule has 2 aromatic carbocycles. The van der Waals surface area contributed by atoms with Crippen LogP contribution in [-0.4, -0.2) is 73.4 Å². The van der Waals surface area contributed by atoms with Crippen LogP contribution in [0.2, 0.25) is 0 Å². The first-order valence-corrected chi connectivity index (χ1v) is 11.3. The molecule has 1 aliphatic rings. The van der Waals surface area contributed by atoms with Crippen molar-refractivity contribution in [2.75, 3.05) is 46.5 Å². The van der Waals surface area contributed by atoms with Gasteiger partial charge >= 0.3 is 0 Å². The second-order valence-corrected chi connectivity index (χ2v) is 8.02. The van der Waals surface area contributed by atoms with Crippen molar-refractivity contribution in [2.45, 2.75) is 32.4 Å². The number of nitrogens with zero attached hydrogens (tertiary/aromatic N) is 2. The van der Waals surface area contributed by atoms with E-state index in [9.17, 15) is 9.90 Å². The molecule has 0 spiro atoms. The number of hydrogen-bond donors (Lipinski definition) is 1. The number of aliphatic hydroxyl groups is 1. The van der Waals surface area contributed by atoms with Gasteiger partial charge in [0, 0.05) is 26.1 Å². The zero-order chi connectivity index (χ0) is 22.8. The molecule has 2 aromatic rings. The summed E-state index contributed by atoms with van der Waals surface area (Å²) in [6.07, 6.45) is 0.983. The second-order valence-electron chi connectivity index (χ2n) is 8.02. The van der Waals surface area contributed by atoms with Crippen molar-refractivity contribution in [1.29, 1.82) is 0 Å². The fraction of sp³-hybridized carbons (Fsp3) is 0.480. The summed E-state index contributed by atoms with van der Waals surface area (Å²) < 4.78 is 17.1. The van der Waals surface area contributed by atoms with Crippen LogP contribution in [0.3, 0.4) is 0 Å². The highest BCUT2D eigenvalue weighted by atomic mass is 16.5. The minimum absolute atomic E-state index is 0.195. The Labute approximate surface area is 190 Å². The minimum Gasteiger partial charge on any atom is -0.492 e. The van der Waals surface area contributed by atoms with Gasteiger partial charge in [0.25, 0.3) is 0 Å². The number of carbonyl (C=O) groups is 1. The summed E-state index contributed by atoms with van der Waals surface area (Å²) in [5, 5.41) is 10.4. The molecular weight excluding hydrogens is 408 g/mol. The molecule has 0 aromatic heterocycles. The predicted octanol–water partition coefficient (Wildman–Crippen LogP) is 2.96. The van der Waals surface area contributed by atoms with E-state index in [1.807, 2.05) is 67.4 Å². The number of rotatable bonds is 13. The number of para-hydroxylation sites is 2. The molecular formula is C25H34N2O5. The largest absolute Gasteiger partial charge is 0.492 e. The van der Waals surface area contributed by atoms with E-state index in [1.165, 1.54) is 0 Å². The lowest BCUT2D eigenvalue weighted by atomic mass is 10.2. The molecule has 0 radical (unpaired) electrons. The van der Waals surface area contributed by atoms with Gasteiger partial charge in [-0.15, -0.1) is 0 Å². The van der Waals surface area contributed by atoms with E-state index in [0.29, 0.717) is 50.8 Å². The molecule has 1 N–H and O–H groups in total. The molecule has 0 aliphatic carbocycles. The summed E-state index contributed by atoms with van der Waals surface area (Å²) >= 11 is 0. The minimum atomic E-state index is -0.620. The number of ether oxygens (including phenoxy) is 3. The number of likely N-dealkylation sites (N-methyl/N-ethyl adjacent to an activating group) is 1. The zero-order valence-corrected chi connectivity index (χ0v) is 19.0. The SMILES string of the molecule is CCOc1ccccc1OC[C@H](O)CN(C)Cc1ccc(OCCN2CCCC2=O)cc1. The third-order valence-electron chi connectivity index (χ3n) is 5.28. The maximum atomic E-state index is 11.6. The summed E-state index contributed by atoms with van der Waals surface area (Å²) in [6.45, 7) is 5.85. The van der Waals surface area contributed by atoms with Crippen molar-refractivity contribution in [3.63, 3.8) is 0 Å². The molecule has 0 bridgehead atoms. The molecule has 1 amide bonds. The summed E-state index contributed by atoms with van der Waals surface area (Å²) in [6, 6.07) is 15.4. The summed E-state index contributed by atoms with van der Waals surface area (Å²) in [5.74, 6) is 2.34. The second kappa shape index (κ2) is 12.3. The highest BCUT2D eigenvalue weighted by molar-refractivity contribution is 5.78. The van der Waals surface area contributed by atoms with Crippen molar-refractivity contribution in [1.82, 2.24) is 9.80 Å². The molecule has 1 fully saturated rings. The molecule has 1 saturated heterocycles. The number of likely N-dealkylation sites (tertiary alicyclic amines) is 1. The van der Waals surface area contributed by atoms with Gasteiger partial charge < -0.3 is 24.2 Å². The van der Waals surface area contributed by atoms with E-state index >= 15 is 0 Å². The third kappa shape index (κ3) is 7.43. The van der Waals surface area contributed by atoms with Gasteiger partial charge in [0.1, 0.15) is 25.1 Å². The standard InChI is InChI=1S/C25H34N2O5/c1-3-30-23-7-4-5-8-24(23)32-19-21(28)18-26(2)17-20-10-12-22(13-11-20)31-16-15-27-14-6-9-25(27)29/h4-5,7-8,10-13,21,28H,3,6,9,14-19H2,1-2H3/t21-/m1/s1. The van der Waals surface area contributed by atoms with Crippen molar-refractivity contribution < 1.29 is 24.1 Å². The molecule has 1 heterocycles. The van der Waals surface area contributed by atoms with Crippen LogP contribution in [0.15, 0.2) is 48.5 Å². The van der Waals surface area contributed by atoms with Gasteiger partial charge in [-0.1, -0.05) is 24.3 Å². The van der Waals surface area contributed by atoms with Crippen molar-refractivity contribution in [2.24, 2.45) is 0 Å². The van der Waals surface area contributed by atoms with E-state index in [1.54, 1.807) is 0 Å². The Morgan fingerprint density at radius 3 is 2.44 bits per heavy atom. The summed E-state index contributed by atoms with van der Waals surface area (Å²) in [5.41, 5.74) is 1.13. The Hall–Kier alpha value is -2.77. The number of hydrogen-bond acceptors (Lipinski definition) is 6. The predicted molar refractivity (Wildman–Crippen MR) is 123 cm³/mol. The average molecular weight is 443 g/mol. The van der Waals surface area contributed by atoms with Gasteiger partial charge in [-0.3, -0.25) is 9.69 Å². The first-order chi connectivity index (χ1) is 15.5. The number of carbonyl (C=O) groups excluding carboxylic acids is 1. The average Bonchev–Trinajstić information content (AvgIpc) is 3.19. The lowest BCUT2D eigenvalue weighted by Crippen LogP contribution is -2.32. The van der Waals surface area contributed by atoms with Crippen molar-refractivity contribution in [3.05, 3.63) is 54.1 Å². The summed E-state index contributed by atoms with van der Waals surface area (Å²) in [4.78, 5) is 15.5. The van der Waals surface area contributed by atoms with E-state index in [-0.39, 0.29) is 12.5 Å². The Kier molecular flexibility index (Phi) is 9.19. The van der Waals surface area contributed by atoms with Gasteiger partial charge in [0.15, 0.2) is 11.5 Å². The van der Waals surface area contributed by atoms with Crippen LogP contribution < -0.4 is 14.2 Å². The highest BCUT2D eigenvalue weighted by Gasteiger charge is 2.19.